The molecule has 0 saturated carbocycles. The minimum absolute atomic E-state index is 0.00559. The van der Waals surface area contributed by atoms with Crippen LogP contribution in [0.5, 0.6) is 5.75 Å². The average molecular weight is 268 g/mol. The van der Waals surface area contributed by atoms with E-state index in [9.17, 15) is 9.90 Å². The molecule has 0 spiro atoms. The number of hydrogen-bond acceptors (Lipinski definition) is 3. The molecule has 0 aromatic heterocycles. The number of fused-ring (bicyclic) bond motifs is 1. The van der Waals surface area contributed by atoms with Crippen molar-refractivity contribution in [1.29, 1.82) is 0 Å². The number of nitrogen functional groups attached to an aromatic ring is 1. The smallest absolute Gasteiger partial charge is 0.262 e. The Labute approximate surface area is 117 Å². The first-order valence-corrected chi connectivity index (χ1v) is 6.57. The topological polar surface area (TPSA) is 66.6 Å². The number of benzene rings is 2. The van der Waals surface area contributed by atoms with Gasteiger partial charge in [-0.05, 0) is 42.7 Å². The highest BCUT2D eigenvalue weighted by molar-refractivity contribution is 6.09. The van der Waals surface area contributed by atoms with Crippen LogP contribution in [0.4, 0.5) is 11.4 Å². The van der Waals surface area contributed by atoms with Gasteiger partial charge in [0.05, 0.1) is 5.56 Å². The van der Waals surface area contributed by atoms with E-state index in [0.717, 1.165) is 23.2 Å². The number of phenols is 1. The molecule has 2 aromatic carbocycles. The minimum Gasteiger partial charge on any atom is -0.507 e. The molecule has 1 aliphatic heterocycles. The highest BCUT2D eigenvalue weighted by Crippen LogP contribution is 2.33. The lowest BCUT2D eigenvalue weighted by Crippen LogP contribution is -2.29. The highest BCUT2D eigenvalue weighted by atomic mass is 16.3. The number of phenolic OH excluding ortho intramolecular Hbond substituents is 1. The zero-order chi connectivity index (χ0) is 14.3. The van der Waals surface area contributed by atoms with Gasteiger partial charge in [-0.1, -0.05) is 18.2 Å². The van der Waals surface area contributed by atoms with Crippen LogP contribution in [-0.2, 0) is 6.42 Å². The predicted octanol–water partition coefficient (Wildman–Crippen LogP) is 2.49. The van der Waals surface area contributed by atoms with Gasteiger partial charge in [-0.3, -0.25) is 4.79 Å². The molecule has 0 atom stereocenters. The number of amides is 1. The highest BCUT2D eigenvalue weighted by Gasteiger charge is 2.27. The Morgan fingerprint density at radius 3 is 2.80 bits per heavy atom. The second-order valence-corrected chi connectivity index (χ2v) is 5.06. The molecule has 2 aromatic rings. The maximum absolute atomic E-state index is 12.6. The van der Waals surface area contributed by atoms with Crippen molar-refractivity contribution in [3.8, 4) is 5.75 Å². The van der Waals surface area contributed by atoms with Gasteiger partial charge < -0.3 is 15.7 Å². The van der Waals surface area contributed by atoms with Gasteiger partial charge in [0.15, 0.2) is 0 Å². The predicted molar refractivity (Wildman–Crippen MR) is 79.1 cm³/mol. The number of carbonyl (C=O) groups excluding carboxylic acids is 1. The second-order valence-electron chi connectivity index (χ2n) is 5.06. The Bertz CT molecular complexity index is 695. The van der Waals surface area contributed by atoms with Gasteiger partial charge in [0.2, 0.25) is 0 Å². The van der Waals surface area contributed by atoms with Gasteiger partial charge in [0.25, 0.3) is 5.91 Å². The molecule has 0 bridgehead atoms. The first-order chi connectivity index (χ1) is 9.58. The quantitative estimate of drug-likeness (QED) is 0.781. The number of rotatable bonds is 1. The van der Waals surface area contributed by atoms with Crippen LogP contribution in [0.1, 0.15) is 21.5 Å². The van der Waals surface area contributed by atoms with E-state index in [2.05, 4.69) is 0 Å². The fraction of sp³-hybridized carbons (Fsp3) is 0.188. The molecule has 1 amide bonds. The zero-order valence-electron chi connectivity index (χ0n) is 11.3. The number of aromatic hydroxyl groups is 1. The lowest BCUT2D eigenvalue weighted by molar-refractivity contribution is 0.0987. The van der Waals surface area contributed by atoms with Gasteiger partial charge in [-0.15, -0.1) is 0 Å². The van der Waals surface area contributed by atoms with Crippen molar-refractivity contribution in [2.75, 3.05) is 17.2 Å². The van der Waals surface area contributed by atoms with Crippen LogP contribution in [-0.4, -0.2) is 17.6 Å². The molecule has 102 valence electrons. The molecule has 0 aliphatic carbocycles. The third kappa shape index (κ3) is 1.90. The number of carbonyl (C=O) groups is 1. The van der Waals surface area contributed by atoms with Gasteiger partial charge in [-0.25, -0.2) is 0 Å². The first kappa shape index (κ1) is 12.5. The second kappa shape index (κ2) is 4.56. The van der Waals surface area contributed by atoms with Gasteiger partial charge in [0, 0.05) is 17.9 Å². The van der Waals surface area contributed by atoms with Crippen LogP contribution in [0, 0.1) is 6.92 Å². The largest absolute Gasteiger partial charge is 0.507 e. The van der Waals surface area contributed by atoms with Crippen LogP contribution in [0.25, 0.3) is 0 Å². The van der Waals surface area contributed by atoms with E-state index in [1.165, 1.54) is 6.07 Å². The SMILES string of the molecule is Cc1cc2c(cc1N)N(C(=O)c1ccccc1O)CC2. The summed E-state index contributed by atoms with van der Waals surface area (Å²) < 4.78 is 0. The summed E-state index contributed by atoms with van der Waals surface area (Å²) in [5.74, 6) is -0.184. The Morgan fingerprint density at radius 2 is 2.05 bits per heavy atom. The summed E-state index contributed by atoms with van der Waals surface area (Å²) in [7, 11) is 0. The van der Waals surface area contributed by atoms with Crippen molar-refractivity contribution in [2.24, 2.45) is 0 Å². The number of anilines is 2. The number of hydrogen-bond donors (Lipinski definition) is 2. The van der Waals surface area contributed by atoms with Crippen molar-refractivity contribution in [2.45, 2.75) is 13.3 Å². The molecule has 4 heteroatoms. The maximum atomic E-state index is 12.6. The summed E-state index contributed by atoms with van der Waals surface area (Å²) in [6.45, 7) is 2.58. The summed E-state index contributed by atoms with van der Waals surface area (Å²) in [5.41, 5.74) is 9.94. The maximum Gasteiger partial charge on any atom is 0.262 e. The summed E-state index contributed by atoms with van der Waals surface area (Å²) >= 11 is 0. The average Bonchev–Trinajstić information content (AvgIpc) is 2.82. The van der Waals surface area contributed by atoms with Gasteiger partial charge >= 0.3 is 0 Å². The fourth-order valence-corrected chi connectivity index (χ4v) is 2.59. The van der Waals surface area contributed by atoms with Crippen LogP contribution >= 0.6 is 0 Å². The third-order valence-electron chi connectivity index (χ3n) is 3.74. The van der Waals surface area contributed by atoms with Crippen LogP contribution in [0.15, 0.2) is 36.4 Å². The molecule has 0 radical (unpaired) electrons. The van der Waals surface area contributed by atoms with E-state index >= 15 is 0 Å². The normalized spacial score (nSPS) is 13.3. The van der Waals surface area contributed by atoms with E-state index in [0.29, 0.717) is 17.8 Å². The fourth-order valence-electron chi connectivity index (χ4n) is 2.59. The molecule has 3 rings (SSSR count). The van der Waals surface area contributed by atoms with Crippen LogP contribution in [0.3, 0.4) is 0 Å². The van der Waals surface area contributed by atoms with Crippen molar-refractivity contribution in [1.82, 2.24) is 0 Å². The van der Waals surface area contributed by atoms with E-state index in [1.807, 2.05) is 19.1 Å². The Kier molecular flexibility index (Phi) is 2.86. The van der Waals surface area contributed by atoms with Crippen molar-refractivity contribution in [3.63, 3.8) is 0 Å². The monoisotopic (exact) mass is 268 g/mol. The summed E-state index contributed by atoms with van der Waals surface area (Å²) in [5, 5.41) is 9.82. The van der Waals surface area contributed by atoms with E-state index in [1.54, 1.807) is 23.1 Å². The molecule has 20 heavy (non-hydrogen) atoms. The zero-order valence-corrected chi connectivity index (χ0v) is 11.3. The molecule has 4 nitrogen and oxygen atoms in total. The molecule has 0 saturated heterocycles. The first-order valence-electron chi connectivity index (χ1n) is 6.57. The molecular formula is C16H16N2O2. The summed E-state index contributed by atoms with van der Waals surface area (Å²) in [4.78, 5) is 14.2. The van der Waals surface area contributed by atoms with Gasteiger partial charge in [0.1, 0.15) is 5.75 Å². The standard InChI is InChI=1S/C16H16N2O2/c1-10-8-11-6-7-18(14(11)9-13(10)17)16(20)12-4-2-3-5-15(12)19/h2-5,8-9,19H,6-7,17H2,1H3. The summed E-state index contributed by atoms with van der Waals surface area (Å²) in [6.07, 6.45) is 0.815. The Balaban J connectivity index is 2.01. The Morgan fingerprint density at radius 1 is 1.30 bits per heavy atom. The van der Waals surface area contributed by atoms with Crippen LogP contribution < -0.4 is 10.6 Å². The number of aryl methyl sites for hydroxylation is 1. The third-order valence-corrected chi connectivity index (χ3v) is 3.74. The molecule has 0 unspecified atom stereocenters. The lowest BCUT2D eigenvalue weighted by Gasteiger charge is -2.18. The van der Waals surface area contributed by atoms with E-state index in [4.69, 9.17) is 5.73 Å². The van der Waals surface area contributed by atoms with Crippen molar-refractivity contribution < 1.29 is 9.90 Å². The summed E-state index contributed by atoms with van der Waals surface area (Å²) in [6, 6.07) is 10.5. The lowest BCUT2D eigenvalue weighted by atomic mass is 10.1. The molecule has 1 aliphatic rings. The molecule has 3 N–H and O–H groups in total. The molecule has 1 heterocycles. The molecule has 0 fully saturated rings. The Hall–Kier alpha value is -2.49. The number of nitrogens with zero attached hydrogens (tertiary/aromatic N) is 1. The molecular weight excluding hydrogens is 252 g/mol. The van der Waals surface area contributed by atoms with E-state index < -0.39 is 0 Å². The van der Waals surface area contributed by atoms with Crippen molar-refractivity contribution in [3.05, 3.63) is 53.1 Å². The minimum atomic E-state index is -0.190. The number of nitrogens with two attached hydrogens (primary N) is 1. The van der Waals surface area contributed by atoms with Crippen molar-refractivity contribution >= 4 is 17.3 Å². The van der Waals surface area contributed by atoms with E-state index in [-0.39, 0.29) is 11.7 Å². The van der Waals surface area contributed by atoms with Crippen LogP contribution in [0.2, 0.25) is 0 Å². The number of para-hydroxylation sites is 1. The van der Waals surface area contributed by atoms with Gasteiger partial charge in [-0.2, -0.15) is 0 Å².